The molecule has 29 heavy (non-hydrogen) atoms. The van der Waals surface area contributed by atoms with E-state index in [4.69, 9.17) is 4.74 Å². The first kappa shape index (κ1) is 20.8. The van der Waals surface area contributed by atoms with Gasteiger partial charge in [0.25, 0.3) is 0 Å². The topological polar surface area (TPSA) is 38.3 Å². The molecule has 0 aliphatic carbocycles. The van der Waals surface area contributed by atoms with Gasteiger partial charge in [0.05, 0.1) is 0 Å². The summed E-state index contributed by atoms with van der Waals surface area (Å²) in [4.78, 5) is 11.1. The molecule has 3 heteroatoms. The minimum Gasteiger partial charge on any atom is -0.427 e. The summed E-state index contributed by atoms with van der Waals surface area (Å²) in [6, 6.07) is 29.2. The number of carbonyl (C=O) groups excluding carboxylic acids is 1. The van der Waals surface area contributed by atoms with Gasteiger partial charge in [-0.2, -0.15) is 0 Å². The van der Waals surface area contributed by atoms with Crippen molar-refractivity contribution in [1.29, 1.82) is 0 Å². The second-order valence-electron chi connectivity index (χ2n) is 7.26. The quantitative estimate of drug-likeness (QED) is 0.289. The Labute approximate surface area is 173 Å². The fraction of sp³-hybridized carbons (Fsp3) is 0.269. The number of aryl methyl sites for hydroxylation is 1. The van der Waals surface area contributed by atoms with Crippen LogP contribution in [0.5, 0.6) is 5.75 Å². The zero-order chi connectivity index (χ0) is 20.3. The van der Waals surface area contributed by atoms with Gasteiger partial charge in [-0.25, -0.2) is 0 Å². The average molecular weight is 388 g/mol. The first-order chi connectivity index (χ1) is 14.2. The minimum absolute atomic E-state index is 0.282. The van der Waals surface area contributed by atoms with Crippen LogP contribution in [0.25, 0.3) is 0 Å². The number of rotatable bonds is 10. The average Bonchev–Trinajstić information content (AvgIpc) is 2.74. The SMILES string of the molecule is CC(=O)Oc1cccc(CCCNCCC(c2ccccc2)c2ccccc2)c1. The summed E-state index contributed by atoms with van der Waals surface area (Å²) >= 11 is 0. The van der Waals surface area contributed by atoms with Gasteiger partial charge in [-0.3, -0.25) is 4.79 Å². The molecule has 0 aromatic heterocycles. The van der Waals surface area contributed by atoms with Crippen molar-refractivity contribution in [3.63, 3.8) is 0 Å². The first-order valence-corrected chi connectivity index (χ1v) is 10.3. The third-order valence-corrected chi connectivity index (χ3v) is 4.99. The zero-order valence-corrected chi connectivity index (χ0v) is 17.0. The molecule has 1 N–H and O–H groups in total. The standard InChI is InChI=1S/C26H29NO2/c1-21(28)29-25-16-8-10-22(20-25)11-9-18-27-19-17-26(23-12-4-2-5-13-23)24-14-6-3-7-15-24/h2-8,10,12-16,20,26-27H,9,11,17-19H2,1H3. The Kier molecular flexibility index (Phi) is 8.02. The Hall–Kier alpha value is -2.91. The van der Waals surface area contributed by atoms with Crippen molar-refractivity contribution in [2.75, 3.05) is 13.1 Å². The number of hydrogen-bond acceptors (Lipinski definition) is 3. The van der Waals surface area contributed by atoms with Crippen LogP contribution in [0.3, 0.4) is 0 Å². The molecule has 0 aliphatic rings. The molecule has 3 aromatic rings. The zero-order valence-electron chi connectivity index (χ0n) is 17.0. The number of hydrogen-bond donors (Lipinski definition) is 1. The van der Waals surface area contributed by atoms with Gasteiger partial charge in [-0.15, -0.1) is 0 Å². The van der Waals surface area contributed by atoms with Crippen LogP contribution in [-0.2, 0) is 11.2 Å². The molecule has 0 radical (unpaired) electrons. The number of nitrogens with one attached hydrogen (secondary N) is 1. The molecule has 0 saturated heterocycles. The first-order valence-electron chi connectivity index (χ1n) is 10.3. The monoisotopic (exact) mass is 387 g/mol. The Morgan fingerprint density at radius 1 is 0.862 bits per heavy atom. The van der Waals surface area contributed by atoms with Crippen LogP contribution in [0.1, 0.15) is 42.4 Å². The molecule has 0 saturated carbocycles. The minimum atomic E-state index is -0.282. The summed E-state index contributed by atoms with van der Waals surface area (Å²) in [6.07, 6.45) is 3.07. The largest absolute Gasteiger partial charge is 0.427 e. The summed E-state index contributed by atoms with van der Waals surface area (Å²) in [5.74, 6) is 0.747. The molecular formula is C26H29NO2. The van der Waals surface area contributed by atoms with E-state index in [9.17, 15) is 4.79 Å². The molecule has 150 valence electrons. The van der Waals surface area contributed by atoms with Crippen LogP contribution in [0.2, 0.25) is 0 Å². The number of esters is 1. The van der Waals surface area contributed by atoms with Crippen molar-refractivity contribution in [2.24, 2.45) is 0 Å². The van der Waals surface area contributed by atoms with Gasteiger partial charge in [0.15, 0.2) is 0 Å². The molecule has 0 spiro atoms. The molecule has 0 atom stereocenters. The van der Waals surface area contributed by atoms with Crippen molar-refractivity contribution in [1.82, 2.24) is 5.32 Å². The van der Waals surface area contributed by atoms with Crippen LogP contribution in [0.4, 0.5) is 0 Å². The number of benzene rings is 3. The summed E-state index contributed by atoms with van der Waals surface area (Å²) in [7, 11) is 0. The van der Waals surface area contributed by atoms with E-state index in [0.29, 0.717) is 11.7 Å². The number of carbonyl (C=O) groups is 1. The molecule has 0 aliphatic heterocycles. The Morgan fingerprint density at radius 3 is 2.14 bits per heavy atom. The predicted octanol–water partition coefficient (Wildman–Crippen LogP) is 5.36. The van der Waals surface area contributed by atoms with Crippen molar-refractivity contribution in [2.45, 2.75) is 32.1 Å². The van der Waals surface area contributed by atoms with Gasteiger partial charge in [0.2, 0.25) is 0 Å². The van der Waals surface area contributed by atoms with E-state index < -0.39 is 0 Å². The normalized spacial score (nSPS) is 10.8. The summed E-state index contributed by atoms with van der Waals surface area (Å²) in [6.45, 7) is 3.37. The lowest BCUT2D eigenvalue weighted by atomic mass is 9.88. The predicted molar refractivity (Wildman–Crippen MR) is 118 cm³/mol. The maximum absolute atomic E-state index is 11.1. The van der Waals surface area contributed by atoms with Crippen LogP contribution in [0.15, 0.2) is 84.9 Å². The molecule has 0 fully saturated rings. The molecule has 0 heterocycles. The van der Waals surface area contributed by atoms with Crippen LogP contribution >= 0.6 is 0 Å². The molecule has 0 bridgehead atoms. The second kappa shape index (κ2) is 11.2. The van der Waals surface area contributed by atoms with E-state index in [1.54, 1.807) is 0 Å². The van der Waals surface area contributed by atoms with Crippen molar-refractivity contribution < 1.29 is 9.53 Å². The van der Waals surface area contributed by atoms with E-state index in [0.717, 1.165) is 32.4 Å². The maximum Gasteiger partial charge on any atom is 0.308 e. The molecule has 3 nitrogen and oxygen atoms in total. The second-order valence-corrected chi connectivity index (χ2v) is 7.26. The van der Waals surface area contributed by atoms with E-state index in [1.165, 1.54) is 23.6 Å². The van der Waals surface area contributed by atoms with Crippen LogP contribution in [0, 0.1) is 0 Å². The molecule has 0 amide bonds. The highest BCUT2D eigenvalue weighted by atomic mass is 16.5. The van der Waals surface area contributed by atoms with Gasteiger partial charge < -0.3 is 10.1 Å². The Morgan fingerprint density at radius 2 is 1.52 bits per heavy atom. The van der Waals surface area contributed by atoms with Gasteiger partial charge in [-0.05, 0) is 61.2 Å². The van der Waals surface area contributed by atoms with E-state index in [1.807, 2.05) is 18.2 Å². The molecule has 3 rings (SSSR count). The molecular weight excluding hydrogens is 358 g/mol. The lowest BCUT2D eigenvalue weighted by molar-refractivity contribution is -0.131. The lowest BCUT2D eigenvalue weighted by Crippen LogP contribution is -2.19. The number of ether oxygens (including phenoxy) is 1. The lowest BCUT2D eigenvalue weighted by Gasteiger charge is -2.18. The molecule has 0 unspecified atom stereocenters. The summed E-state index contributed by atoms with van der Waals surface area (Å²) in [5, 5.41) is 3.59. The smallest absolute Gasteiger partial charge is 0.308 e. The fourth-order valence-electron chi connectivity index (χ4n) is 3.62. The van der Waals surface area contributed by atoms with E-state index in [-0.39, 0.29) is 5.97 Å². The van der Waals surface area contributed by atoms with E-state index in [2.05, 4.69) is 72.0 Å². The van der Waals surface area contributed by atoms with Gasteiger partial charge in [0, 0.05) is 12.8 Å². The van der Waals surface area contributed by atoms with Crippen LogP contribution < -0.4 is 10.1 Å². The van der Waals surface area contributed by atoms with Gasteiger partial charge in [0.1, 0.15) is 5.75 Å². The highest BCUT2D eigenvalue weighted by molar-refractivity contribution is 5.69. The molecule has 3 aromatic carbocycles. The van der Waals surface area contributed by atoms with E-state index >= 15 is 0 Å². The Balaban J connectivity index is 1.45. The highest BCUT2D eigenvalue weighted by Crippen LogP contribution is 2.27. The Bertz CT molecular complexity index is 838. The fourth-order valence-corrected chi connectivity index (χ4v) is 3.62. The van der Waals surface area contributed by atoms with Crippen molar-refractivity contribution >= 4 is 5.97 Å². The highest BCUT2D eigenvalue weighted by Gasteiger charge is 2.13. The van der Waals surface area contributed by atoms with Crippen LogP contribution in [-0.4, -0.2) is 19.1 Å². The van der Waals surface area contributed by atoms with Crippen molar-refractivity contribution in [3.05, 3.63) is 102 Å². The van der Waals surface area contributed by atoms with Gasteiger partial charge in [-0.1, -0.05) is 72.8 Å². The van der Waals surface area contributed by atoms with Crippen molar-refractivity contribution in [3.8, 4) is 5.75 Å². The third kappa shape index (κ3) is 6.88. The summed E-state index contributed by atoms with van der Waals surface area (Å²) in [5.41, 5.74) is 3.92. The van der Waals surface area contributed by atoms with Gasteiger partial charge >= 0.3 is 5.97 Å². The third-order valence-electron chi connectivity index (χ3n) is 4.99. The summed E-state index contributed by atoms with van der Waals surface area (Å²) < 4.78 is 5.16. The maximum atomic E-state index is 11.1.